The van der Waals surface area contributed by atoms with Crippen molar-refractivity contribution < 1.29 is 24.1 Å². The summed E-state index contributed by atoms with van der Waals surface area (Å²) < 4.78 is 0. The number of amides is 4. The molecule has 0 radical (unpaired) electrons. The van der Waals surface area contributed by atoms with Gasteiger partial charge in [-0.3, -0.25) is 34.2 Å². The predicted octanol–water partition coefficient (Wildman–Crippen LogP) is -0.214. The zero-order chi connectivity index (χ0) is 19.3. The maximum absolute atomic E-state index is 12.3. The molecule has 1 aromatic rings. The Morgan fingerprint density at radius 2 is 1.88 bits per heavy atom. The first kappa shape index (κ1) is 19.4. The van der Waals surface area contributed by atoms with Crippen LogP contribution in [0.25, 0.3) is 0 Å². The molecule has 0 unspecified atom stereocenters. The molecular weight excluding hydrogens is 364 g/mol. The number of nitrogens with one attached hydrogen (secondary N) is 2. The van der Waals surface area contributed by atoms with E-state index in [9.17, 15) is 29.3 Å². The standard InChI is InChI=1S/C15H16N4O6S/c1-16-11(20)7-26-8-12(21)17-5-6-18-14(22)9-3-2-4-10(19(24)25)13(9)15(18)23/h2-4H,5-8H2,1H3,(H,16,20)(H,17,21). The predicted molar refractivity (Wildman–Crippen MR) is 92.9 cm³/mol. The Morgan fingerprint density at radius 3 is 2.54 bits per heavy atom. The molecule has 0 saturated carbocycles. The number of thioether (sulfide) groups is 1. The molecule has 1 aliphatic rings. The number of fused-ring (bicyclic) bond motifs is 1. The molecule has 1 aromatic carbocycles. The van der Waals surface area contributed by atoms with Crippen molar-refractivity contribution in [3.05, 3.63) is 39.4 Å². The average Bonchev–Trinajstić information content (AvgIpc) is 2.86. The Morgan fingerprint density at radius 1 is 1.19 bits per heavy atom. The zero-order valence-corrected chi connectivity index (χ0v) is 14.6. The summed E-state index contributed by atoms with van der Waals surface area (Å²) in [6.07, 6.45) is 0. The van der Waals surface area contributed by atoms with Crippen molar-refractivity contribution in [1.29, 1.82) is 0 Å². The Bertz CT molecular complexity index is 781. The second-order valence-corrected chi connectivity index (χ2v) is 6.22. The first-order valence-electron chi connectivity index (χ1n) is 7.55. The van der Waals surface area contributed by atoms with Crippen molar-refractivity contribution >= 4 is 41.1 Å². The highest BCUT2D eigenvalue weighted by atomic mass is 32.2. The van der Waals surface area contributed by atoms with Crippen LogP contribution < -0.4 is 10.6 Å². The van der Waals surface area contributed by atoms with Gasteiger partial charge in [0, 0.05) is 26.2 Å². The van der Waals surface area contributed by atoms with Crippen molar-refractivity contribution in [2.45, 2.75) is 0 Å². The Kier molecular flexibility index (Phi) is 6.28. The highest BCUT2D eigenvalue weighted by molar-refractivity contribution is 8.00. The lowest BCUT2D eigenvalue weighted by molar-refractivity contribution is -0.385. The molecule has 0 aromatic heterocycles. The smallest absolute Gasteiger partial charge is 0.282 e. The highest BCUT2D eigenvalue weighted by Gasteiger charge is 2.40. The number of nitro groups is 1. The number of benzene rings is 1. The summed E-state index contributed by atoms with van der Waals surface area (Å²) in [5.41, 5.74) is -0.662. The van der Waals surface area contributed by atoms with Gasteiger partial charge in [-0.1, -0.05) is 6.07 Å². The highest BCUT2D eigenvalue weighted by Crippen LogP contribution is 2.30. The topological polar surface area (TPSA) is 139 Å². The van der Waals surface area contributed by atoms with E-state index in [-0.39, 0.29) is 47.5 Å². The SMILES string of the molecule is CNC(=O)CSCC(=O)NCCN1C(=O)c2cccc([N+](=O)[O-])c2C1=O. The summed E-state index contributed by atoms with van der Waals surface area (Å²) in [6.45, 7) is -0.0893. The molecule has 0 atom stereocenters. The lowest BCUT2D eigenvalue weighted by Crippen LogP contribution is -2.38. The molecule has 0 aliphatic carbocycles. The van der Waals surface area contributed by atoms with Gasteiger partial charge in [-0.05, 0) is 6.07 Å². The van der Waals surface area contributed by atoms with E-state index in [0.717, 1.165) is 16.7 Å². The van der Waals surface area contributed by atoms with E-state index in [1.165, 1.54) is 25.2 Å². The summed E-state index contributed by atoms with van der Waals surface area (Å²) >= 11 is 1.13. The average molecular weight is 380 g/mol. The largest absolute Gasteiger partial charge is 0.358 e. The van der Waals surface area contributed by atoms with Gasteiger partial charge >= 0.3 is 0 Å². The molecule has 2 rings (SSSR count). The Labute approximate surface area is 152 Å². The van der Waals surface area contributed by atoms with Gasteiger partial charge in [0.2, 0.25) is 11.8 Å². The van der Waals surface area contributed by atoms with Gasteiger partial charge in [-0.2, -0.15) is 0 Å². The Hall–Kier alpha value is -2.95. The molecule has 0 bridgehead atoms. The number of carbonyl (C=O) groups excluding carboxylic acids is 4. The number of imide groups is 1. The van der Waals surface area contributed by atoms with E-state index in [1.807, 2.05) is 0 Å². The Balaban J connectivity index is 1.90. The van der Waals surface area contributed by atoms with Crippen LogP contribution in [-0.2, 0) is 9.59 Å². The summed E-state index contributed by atoms with van der Waals surface area (Å²) in [4.78, 5) is 58.5. The fraction of sp³-hybridized carbons (Fsp3) is 0.333. The molecule has 0 spiro atoms. The van der Waals surface area contributed by atoms with Crippen LogP contribution >= 0.6 is 11.8 Å². The quantitative estimate of drug-likeness (QED) is 0.361. The van der Waals surface area contributed by atoms with Crippen LogP contribution in [0.3, 0.4) is 0 Å². The lowest BCUT2D eigenvalue weighted by atomic mass is 10.1. The number of rotatable bonds is 8. The van der Waals surface area contributed by atoms with Crippen LogP contribution in [0.4, 0.5) is 5.69 Å². The van der Waals surface area contributed by atoms with Crippen LogP contribution in [0.1, 0.15) is 20.7 Å². The third-order valence-corrected chi connectivity index (χ3v) is 4.51. The summed E-state index contributed by atoms with van der Waals surface area (Å²) in [5, 5.41) is 16.0. The normalized spacial score (nSPS) is 12.7. The number of carbonyl (C=O) groups is 4. The number of nitrogens with zero attached hydrogens (tertiary/aromatic N) is 2. The number of nitro benzene ring substituents is 1. The first-order valence-corrected chi connectivity index (χ1v) is 8.71. The third-order valence-electron chi connectivity index (χ3n) is 3.58. The van der Waals surface area contributed by atoms with Gasteiger partial charge in [0.15, 0.2) is 0 Å². The van der Waals surface area contributed by atoms with Gasteiger partial charge in [0.1, 0.15) is 5.56 Å². The van der Waals surface area contributed by atoms with Crippen LogP contribution in [0, 0.1) is 10.1 Å². The van der Waals surface area contributed by atoms with Crippen molar-refractivity contribution in [3.8, 4) is 0 Å². The van der Waals surface area contributed by atoms with Gasteiger partial charge in [-0.25, -0.2) is 0 Å². The molecule has 0 fully saturated rings. The maximum atomic E-state index is 12.3. The number of hydrogen-bond acceptors (Lipinski definition) is 7. The van der Waals surface area contributed by atoms with Gasteiger partial charge in [0.05, 0.1) is 22.0 Å². The second-order valence-electron chi connectivity index (χ2n) is 5.23. The van der Waals surface area contributed by atoms with Crippen molar-refractivity contribution in [3.63, 3.8) is 0 Å². The molecule has 1 heterocycles. The minimum absolute atomic E-state index is 0.0125. The maximum Gasteiger partial charge on any atom is 0.282 e. The fourth-order valence-corrected chi connectivity index (χ4v) is 3.06. The first-order chi connectivity index (χ1) is 12.4. The molecular formula is C15H16N4O6S. The third kappa shape index (κ3) is 4.17. The van der Waals surface area contributed by atoms with Gasteiger partial charge in [-0.15, -0.1) is 11.8 Å². The molecule has 138 valence electrons. The molecule has 10 nitrogen and oxygen atoms in total. The summed E-state index contributed by atoms with van der Waals surface area (Å²) in [5.74, 6) is -1.72. The minimum atomic E-state index is -0.749. The second kappa shape index (κ2) is 8.43. The molecule has 11 heteroatoms. The molecule has 26 heavy (non-hydrogen) atoms. The van der Waals surface area contributed by atoms with Crippen molar-refractivity contribution in [1.82, 2.24) is 15.5 Å². The molecule has 4 amide bonds. The zero-order valence-electron chi connectivity index (χ0n) is 13.8. The summed E-state index contributed by atoms with van der Waals surface area (Å²) in [7, 11) is 1.50. The molecule has 1 aliphatic heterocycles. The summed E-state index contributed by atoms with van der Waals surface area (Å²) in [6, 6.07) is 3.87. The van der Waals surface area contributed by atoms with Crippen molar-refractivity contribution in [2.24, 2.45) is 0 Å². The van der Waals surface area contributed by atoms with E-state index in [1.54, 1.807) is 0 Å². The van der Waals surface area contributed by atoms with Crippen molar-refractivity contribution in [2.75, 3.05) is 31.6 Å². The van der Waals surface area contributed by atoms with E-state index in [2.05, 4.69) is 10.6 Å². The van der Waals surface area contributed by atoms with Crippen LogP contribution in [-0.4, -0.2) is 65.1 Å². The van der Waals surface area contributed by atoms with Crippen LogP contribution in [0.15, 0.2) is 18.2 Å². The minimum Gasteiger partial charge on any atom is -0.358 e. The molecule has 0 saturated heterocycles. The fourth-order valence-electron chi connectivity index (χ4n) is 2.34. The number of hydrogen-bond donors (Lipinski definition) is 2. The van der Waals surface area contributed by atoms with E-state index in [4.69, 9.17) is 0 Å². The van der Waals surface area contributed by atoms with E-state index >= 15 is 0 Å². The van der Waals surface area contributed by atoms with Crippen LogP contribution in [0.5, 0.6) is 0 Å². The van der Waals surface area contributed by atoms with Gasteiger partial charge < -0.3 is 10.6 Å². The monoisotopic (exact) mass is 380 g/mol. The van der Waals surface area contributed by atoms with E-state index in [0.29, 0.717) is 0 Å². The van der Waals surface area contributed by atoms with Crippen LogP contribution in [0.2, 0.25) is 0 Å². The van der Waals surface area contributed by atoms with E-state index < -0.39 is 22.4 Å². The van der Waals surface area contributed by atoms with Gasteiger partial charge in [0.25, 0.3) is 17.5 Å². The molecule has 2 N–H and O–H groups in total. The lowest BCUT2D eigenvalue weighted by Gasteiger charge is -2.14.